The van der Waals surface area contributed by atoms with E-state index in [2.05, 4.69) is 50.2 Å². The molecule has 0 amide bonds. The quantitative estimate of drug-likeness (QED) is 0.892. The van der Waals surface area contributed by atoms with Crippen molar-refractivity contribution in [2.45, 2.75) is 0 Å². The van der Waals surface area contributed by atoms with Crippen LogP contribution in [0, 0.1) is 0 Å². The lowest BCUT2D eigenvalue weighted by Gasteiger charge is -2.29. The van der Waals surface area contributed by atoms with E-state index >= 15 is 0 Å². The van der Waals surface area contributed by atoms with Gasteiger partial charge in [0.2, 0.25) is 0 Å². The predicted molar refractivity (Wildman–Crippen MR) is 83.3 cm³/mol. The summed E-state index contributed by atoms with van der Waals surface area (Å²) in [5.74, 6) is 0.874. The van der Waals surface area contributed by atoms with Crippen LogP contribution in [0.4, 0.5) is 5.69 Å². The van der Waals surface area contributed by atoms with E-state index in [0.717, 1.165) is 49.5 Å². The highest BCUT2D eigenvalue weighted by molar-refractivity contribution is 9.10. The third-order valence-corrected chi connectivity index (χ3v) is 4.16. The van der Waals surface area contributed by atoms with E-state index in [-0.39, 0.29) is 0 Å². The van der Waals surface area contributed by atoms with E-state index in [9.17, 15) is 0 Å². The van der Waals surface area contributed by atoms with E-state index in [1.807, 2.05) is 6.07 Å². The summed E-state index contributed by atoms with van der Waals surface area (Å²) in [6, 6.07) is 6.21. The summed E-state index contributed by atoms with van der Waals surface area (Å²) in [5, 5.41) is 3.38. The van der Waals surface area contributed by atoms with Crippen LogP contribution in [0.5, 0.6) is 5.75 Å². The number of likely N-dealkylation sites (N-methyl/N-ethyl adjacent to an activating group) is 1. The number of hydrogen-bond donors (Lipinski definition) is 1. The third kappa shape index (κ3) is 4.09. The molecule has 1 heterocycles. The number of rotatable bonds is 5. The monoisotopic (exact) mass is 327 g/mol. The second kappa shape index (κ2) is 7.12. The summed E-state index contributed by atoms with van der Waals surface area (Å²) >= 11 is 3.53. The molecule has 5 heteroatoms. The standard InChI is InChI=1S/C14H22BrN3O/c1-17(9-10-18-7-5-16-6-8-18)12-3-4-14(19-2)13(15)11-12/h3-4,11,16H,5-10H2,1-2H3. The van der Waals surface area contributed by atoms with Gasteiger partial charge in [-0.15, -0.1) is 0 Å². The minimum Gasteiger partial charge on any atom is -0.496 e. The van der Waals surface area contributed by atoms with E-state index in [4.69, 9.17) is 4.74 Å². The number of nitrogens with one attached hydrogen (secondary N) is 1. The molecule has 0 spiro atoms. The summed E-state index contributed by atoms with van der Waals surface area (Å²) in [6.45, 7) is 6.68. The van der Waals surface area contributed by atoms with E-state index in [0.29, 0.717) is 0 Å². The summed E-state index contributed by atoms with van der Waals surface area (Å²) < 4.78 is 6.26. The minimum absolute atomic E-state index is 0.874. The van der Waals surface area contributed by atoms with Crippen molar-refractivity contribution in [1.29, 1.82) is 0 Å². The summed E-state index contributed by atoms with van der Waals surface area (Å²) in [4.78, 5) is 4.79. The smallest absolute Gasteiger partial charge is 0.133 e. The maximum atomic E-state index is 5.25. The lowest BCUT2D eigenvalue weighted by molar-refractivity contribution is 0.246. The van der Waals surface area contributed by atoms with Gasteiger partial charge < -0.3 is 15.0 Å². The van der Waals surface area contributed by atoms with Gasteiger partial charge in [-0.3, -0.25) is 4.90 Å². The Hall–Kier alpha value is -0.780. The highest BCUT2D eigenvalue weighted by atomic mass is 79.9. The molecule has 0 radical (unpaired) electrons. The van der Waals surface area contributed by atoms with Crippen molar-refractivity contribution in [2.24, 2.45) is 0 Å². The lowest BCUT2D eigenvalue weighted by Crippen LogP contribution is -2.46. The van der Waals surface area contributed by atoms with Crippen molar-refractivity contribution in [3.8, 4) is 5.75 Å². The molecule has 2 rings (SSSR count). The van der Waals surface area contributed by atoms with Crippen molar-refractivity contribution >= 4 is 21.6 Å². The van der Waals surface area contributed by atoms with Gasteiger partial charge in [-0.05, 0) is 34.1 Å². The number of ether oxygens (including phenoxy) is 1. The maximum absolute atomic E-state index is 5.25. The van der Waals surface area contributed by atoms with E-state index in [1.165, 1.54) is 5.69 Å². The van der Waals surface area contributed by atoms with Gasteiger partial charge in [0, 0.05) is 52.0 Å². The van der Waals surface area contributed by atoms with Crippen molar-refractivity contribution in [2.75, 3.05) is 58.3 Å². The second-order valence-corrected chi connectivity index (χ2v) is 5.69. The molecule has 0 bridgehead atoms. The van der Waals surface area contributed by atoms with Crippen LogP contribution in [-0.2, 0) is 0 Å². The molecule has 0 aliphatic carbocycles. The SMILES string of the molecule is COc1ccc(N(C)CCN2CCNCC2)cc1Br. The average Bonchev–Trinajstić information content (AvgIpc) is 2.45. The first-order chi connectivity index (χ1) is 9.20. The fraction of sp³-hybridized carbons (Fsp3) is 0.571. The number of hydrogen-bond acceptors (Lipinski definition) is 4. The van der Waals surface area contributed by atoms with E-state index in [1.54, 1.807) is 7.11 Å². The van der Waals surface area contributed by atoms with Crippen LogP contribution < -0.4 is 15.0 Å². The Morgan fingerprint density at radius 1 is 1.37 bits per heavy atom. The molecular formula is C14H22BrN3O. The number of nitrogens with zero attached hydrogens (tertiary/aromatic N) is 2. The molecule has 0 unspecified atom stereocenters. The zero-order valence-corrected chi connectivity index (χ0v) is 13.2. The van der Waals surface area contributed by atoms with Gasteiger partial charge in [-0.1, -0.05) is 0 Å². The number of methoxy groups -OCH3 is 1. The van der Waals surface area contributed by atoms with Crippen LogP contribution in [0.2, 0.25) is 0 Å². The third-order valence-electron chi connectivity index (χ3n) is 3.54. The highest BCUT2D eigenvalue weighted by Gasteiger charge is 2.11. The number of piperazine rings is 1. The van der Waals surface area contributed by atoms with Gasteiger partial charge in [0.25, 0.3) is 0 Å². The predicted octanol–water partition coefficient (Wildman–Crippen LogP) is 1.80. The Morgan fingerprint density at radius 2 is 2.11 bits per heavy atom. The van der Waals surface area contributed by atoms with Gasteiger partial charge in [0.15, 0.2) is 0 Å². The molecule has 0 atom stereocenters. The zero-order chi connectivity index (χ0) is 13.7. The molecule has 1 N–H and O–H groups in total. The fourth-order valence-corrected chi connectivity index (χ4v) is 2.78. The van der Waals surface area contributed by atoms with Crippen molar-refractivity contribution in [3.63, 3.8) is 0 Å². The Bertz CT molecular complexity index is 408. The zero-order valence-electron chi connectivity index (χ0n) is 11.7. The molecule has 1 aromatic rings. The summed E-state index contributed by atoms with van der Waals surface area (Å²) in [7, 11) is 3.82. The molecule has 1 fully saturated rings. The van der Waals surface area contributed by atoms with Crippen LogP contribution in [0.15, 0.2) is 22.7 Å². The Labute approximate surface area is 123 Å². The molecule has 4 nitrogen and oxygen atoms in total. The second-order valence-electron chi connectivity index (χ2n) is 4.83. The molecular weight excluding hydrogens is 306 g/mol. The Kier molecular flexibility index (Phi) is 5.48. The minimum atomic E-state index is 0.874. The van der Waals surface area contributed by atoms with Gasteiger partial charge in [-0.2, -0.15) is 0 Å². The topological polar surface area (TPSA) is 27.7 Å². The van der Waals surface area contributed by atoms with E-state index < -0.39 is 0 Å². The summed E-state index contributed by atoms with van der Waals surface area (Å²) in [5.41, 5.74) is 1.21. The lowest BCUT2D eigenvalue weighted by atomic mass is 10.2. The Morgan fingerprint density at radius 3 is 2.74 bits per heavy atom. The molecule has 106 valence electrons. The number of halogens is 1. The van der Waals surface area contributed by atoms with Crippen LogP contribution in [0.1, 0.15) is 0 Å². The first kappa shape index (κ1) is 14.6. The van der Waals surface area contributed by atoms with Crippen LogP contribution in [0.3, 0.4) is 0 Å². The van der Waals surface area contributed by atoms with Crippen LogP contribution >= 0.6 is 15.9 Å². The Balaban J connectivity index is 1.88. The molecule has 1 saturated heterocycles. The maximum Gasteiger partial charge on any atom is 0.133 e. The number of benzene rings is 1. The molecule has 19 heavy (non-hydrogen) atoms. The first-order valence-corrected chi connectivity index (χ1v) is 7.48. The average molecular weight is 328 g/mol. The first-order valence-electron chi connectivity index (χ1n) is 6.68. The van der Waals surface area contributed by atoms with Crippen LogP contribution in [0.25, 0.3) is 0 Å². The molecule has 0 saturated carbocycles. The molecule has 1 aliphatic rings. The van der Waals surface area contributed by atoms with Crippen LogP contribution in [-0.4, -0.2) is 58.3 Å². The molecule has 1 aromatic carbocycles. The number of anilines is 1. The van der Waals surface area contributed by atoms with Crippen molar-refractivity contribution < 1.29 is 4.74 Å². The fourth-order valence-electron chi connectivity index (χ4n) is 2.25. The largest absolute Gasteiger partial charge is 0.496 e. The van der Waals surface area contributed by atoms with Gasteiger partial charge in [-0.25, -0.2) is 0 Å². The summed E-state index contributed by atoms with van der Waals surface area (Å²) in [6.07, 6.45) is 0. The van der Waals surface area contributed by atoms with Gasteiger partial charge in [0.1, 0.15) is 5.75 Å². The molecule has 1 aliphatic heterocycles. The normalized spacial score (nSPS) is 16.4. The van der Waals surface area contributed by atoms with Crippen molar-refractivity contribution in [1.82, 2.24) is 10.2 Å². The van der Waals surface area contributed by atoms with Gasteiger partial charge >= 0.3 is 0 Å². The highest BCUT2D eigenvalue weighted by Crippen LogP contribution is 2.28. The molecule has 0 aromatic heterocycles. The van der Waals surface area contributed by atoms with Gasteiger partial charge in [0.05, 0.1) is 11.6 Å². The van der Waals surface area contributed by atoms with Crippen molar-refractivity contribution in [3.05, 3.63) is 22.7 Å².